The Hall–Kier alpha value is -3.61. The molecular formula is C22H24N4O3. The predicted molar refractivity (Wildman–Crippen MR) is 111 cm³/mol. The molecule has 0 bridgehead atoms. The fourth-order valence-corrected chi connectivity index (χ4v) is 2.83. The molecule has 1 aromatic heterocycles. The summed E-state index contributed by atoms with van der Waals surface area (Å²) in [6.45, 7) is 3.00. The average molecular weight is 392 g/mol. The Bertz CT molecular complexity index is 974. The summed E-state index contributed by atoms with van der Waals surface area (Å²) < 4.78 is 10.5. The van der Waals surface area contributed by atoms with E-state index in [-0.39, 0.29) is 11.6 Å². The van der Waals surface area contributed by atoms with Gasteiger partial charge in [0.25, 0.3) is 5.91 Å². The van der Waals surface area contributed by atoms with Crippen molar-refractivity contribution in [2.75, 3.05) is 19.5 Å². The molecule has 0 aliphatic heterocycles. The molecule has 1 heterocycles. The Balaban J connectivity index is 1.55. The van der Waals surface area contributed by atoms with Crippen LogP contribution in [0.1, 0.15) is 27.2 Å². The highest BCUT2D eigenvalue weighted by molar-refractivity contribution is 5.92. The molecule has 2 aromatic carbocycles. The maximum Gasteiger partial charge on any atom is 0.272 e. The second-order valence-electron chi connectivity index (χ2n) is 6.52. The lowest BCUT2D eigenvalue weighted by molar-refractivity contribution is 0.0945. The highest BCUT2D eigenvalue weighted by atomic mass is 16.5. The van der Waals surface area contributed by atoms with Crippen LogP contribution in [-0.4, -0.2) is 30.3 Å². The second-order valence-corrected chi connectivity index (χ2v) is 6.52. The van der Waals surface area contributed by atoms with Crippen molar-refractivity contribution in [2.24, 2.45) is 0 Å². The van der Waals surface area contributed by atoms with Crippen molar-refractivity contribution < 1.29 is 14.3 Å². The zero-order valence-electron chi connectivity index (χ0n) is 16.7. The van der Waals surface area contributed by atoms with E-state index >= 15 is 0 Å². The van der Waals surface area contributed by atoms with Crippen LogP contribution >= 0.6 is 0 Å². The van der Waals surface area contributed by atoms with Crippen LogP contribution in [0.2, 0.25) is 0 Å². The summed E-state index contributed by atoms with van der Waals surface area (Å²) in [5.74, 6) is 1.66. The molecule has 0 unspecified atom stereocenters. The number of aromatic nitrogens is 2. The topological polar surface area (TPSA) is 85.4 Å². The number of hydrogen-bond acceptors (Lipinski definition) is 6. The molecule has 7 heteroatoms. The summed E-state index contributed by atoms with van der Waals surface area (Å²) in [6, 6.07) is 17.1. The van der Waals surface area contributed by atoms with Crippen molar-refractivity contribution in [3.8, 4) is 11.5 Å². The van der Waals surface area contributed by atoms with Crippen molar-refractivity contribution >= 4 is 11.7 Å². The fourth-order valence-electron chi connectivity index (χ4n) is 2.83. The van der Waals surface area contributed by atoms with Gasteiger partial charge < -0.3 is 20.1 Å². The third-order valence-electron chi connectivity index (χ3n) is 4.35. The number of anilines is 1. The largest absolute Gasteiger partial charge is 0.493 e. The number of amides is 1. The molecule has 0 atom stereocenters. The number of rotatable bonds is 8. The molecule has 2 N–H and O–H groups in total. The van der Waals surface area contributed by atoms with E-state index in [1.807, 2.05) is 49.4 Å². The molecule has 3 rings (SSSR count). The molecular weight excluding hydrogens is 368 g/mol. The lowest BCUT2D eigenvalue weighted by Gasteiger charge is -2.10. The SMILES string of the molecule is COc1ccc(CNc2ccc(C(=O)NCc3cccc(C)c3)nn2)cc1OC. The molecule has 0 aliphatic carbocycles. The molecule has 0 aliphatic rings. The summed E-state index contributed by atoms with van der Waals surface area (Å²) in [7, 11) is 3.20. The zero-order valence-corrected chi connectivity index (χ0v) is 16.7. The Morgan fingerprint density at radius 1 is 0.897 bits per heavy atom. The van der Waals surface area contributed by atoms with Crippen LogP contribution in [0.15, 0.2) is 54.6 Å². The Kier molecular flexibility index (Phi) is 6.63. The molecule has 29 heavy (non-hydrogen) atoms. The lowest BCUT2D eigenvalue weighted by atomic mass is 10.1. The predicted octanol–water partition coefficient (Wildman–Crippen LogP) is 3.34. The normalized spacial score (nSPS) is 10.3. The first-order chi connectivity index (χ1) is 14.1. The van der Waals surface area contributed by atoms with Gasteiger partial charge in [0.1, 0.15) is 5.82 Å². The number of nitrogens with one attached hydrogen (secondary N) is 2. The van der Waals surface area contributed by atoms with E-state index < -0.39 is 0 Å². The van der Waals surface area contributed by atoms with E-state index in [1.165, 1.54) is 0 Å². The number of carbonyl (C=O) groups excluding carboxylic acids is 1. The second kappa shape index (κ2) is 9.54. The van der Waals surface area contributed by atoms with Crippen LogP contribution in [-0.2, 0) is 13.1 Å². The van der Waals surface area contributed by atoms with Gasteiger partial charge in [-0.1, -0.05) is 35.9 Å². The lowest BCUT2D eigenvalue weighted by Crippen LogP contribution is -2.24. The third-order valence-corrected chi connectivity index (χ3v) is 4.35. The standard InChI is InChI=1S/C22H24N4O3/c1-15-5-4-6-16(11-15)14-24-22(27)18-8-10-21(26-25-18)23-13-17-7-9-19(28-2)20(12-17)29-3/h4-12H,13-14H2,1-3H3,(H,23,26)(H,24,27). The average Bonchev–Trinajstić information content (AvgIpc) is 2.76. The smallest absolute Gasteiger partial charge is 0.272 e. The number of nitrogens with zero attached hydrogens (tertiary/aromatic N) is 2. The van der Waals surface area contributed by atoms with Crippen molar-refractivity contribution in [1.82, 2.24) is 15.5 Å². The van der Waals surface area contributed by atoms with Crippen LogP contribution in [0.3, 0.4) is 0 Å². The summed E-state index contributed by atoms with van der Waals surface area (Å²) in [6.07, 6.45) is 0. The van der Waals surface area contributed by atoms with E-state index in [4.69, 9.17) is 9.47 Å². The quantitative estimate of drug-likeness (QED) is 0.612. The van der Waals surface area contributed by atoms with E-state index in [0.717, 1.165) is 16.7 Å². The summed E-state index contributed by atoms with van der Waals surface area (Å²) in [4.78, 5) is 12.3. The van der Waals surface area contributed by atoms with Gasteiger partial charge in [-0.3, -0.25) is 4.79 Å². The minimum atomic E-state index is -0.259. The van der Waals surface area contributed by atoms with Gasteiger partial charge in [0.05, 0.1) is 14.2 Å². The maximum atomic E-state index is 12.3. The summed E-state index contributed by atoms with van der Waals surface area (Å²) >= 11 is 0. The van der Waals surface area contributed by atoms with Gasteiger partial charge in [0.2, 0.25) is 0 Å². The van der Waals surface area contributed by atoms with E-state index in [9.17, 15) is 4.79 Å². The molecule has 0 saturated heterocycles. The number of methoxy groups -OCH3 is 2. The molecule has 0 fully saturated rings. The highest BCUT2D eigenvalue weighted by Gasteiger charge is 2.09. The Morgan fingerprint density at radius 2 is 1.69 bits per heavy atom. The molecule has 0 saturated carbocycles. The van der Waals surface area contributed by atoms with Gasteiger partial charge in [0.15, 0.2) is 17.2 Å². The van der Waals surface area contributed by atoms with Crippen LogP contribution in [0.25, 0.3) is 0 Å². The number of ether oxygens (including phenoxy) is 2. The molecule has 0 spiro atoms. The van der Waals surface area contributed by atoms with Crippen LogP contribution in [0.5, 0.6) is 11.5 Å². The van der Waals surface area contributed by atoms with Gasteiger partial charge in [-0.15, -0.1) is 10.2 Å². The number of aryl methyl sites for hydroxylation is 1. The van der Waals surface area contributed by atoms with Crippen molar-refractivity contribution in [1.29, 1.82) is 0 Å². The highest BCUT2D eigenvalue weighted by Crippen LogP contribution is 2.27. The van der Waals surface area contributed by atoms with Crippen molar-refractivity contribution in [3.05, 3.63) is 77.0 Å². The minimum Gasteiger partial charge on any atom is -0.493 e. The van der Waals surface area contributed by atoms with E-state index in [2.05, 4.69) is 20.8 Å². The summed E-state index contributed by atoms with van der Waals surface area (Å²) in [5, 5.41) is 14.1. The van der Waals surface area contributed by atoms with Crippen molar-refractivity contribution in [3.63, 3.8) is 0 Å². The van der Waals surface area contributed by atoms with E-state index in [0.29, 0.717) is 30.4 Å². The first-order valence-corrected chi connectivity index (χ1v) is 9.21. The molecule has 3 aromatic rings. The van der Waals surface area contributed by atoms with Gasteiger partial charge in [-0.2, -0.15) is 0 Å². The number of carbonyl (C=O) groups is 1. The molecule has 0 radical (unpaired) electrons. The first-order valence-electron chi connectivity index (χ1n) is 9.21. The molecule has 150 valence electrons. The minimum absolute atomic E-state index is 0.259. The first kappa shape index (κ1) is 20.1. The van der Waals surface area contributed by atoms with Gasteiger partial charge in [-0.25, -0.2) is 0 Å². The van der Waals surface area contributed by atoms with Crippen LogP contribution in [0.4, 0.5) is 5.82 Å². The molecule has 7 nitrogen and oxygen atoms in total. The maximum absolute atomic E-state index is 12.3. The monoisotopic (exact) mass is 392 g/mol. The number of benzene rings is 2. The fraction of sp³-hybridized carbons (Fsp3) is 0.227. The van der Waals surface area contributed by atoms with Crippen LogP contribution in [0, 0.1) is 6.92 Å². The van der Waals surface area contributed by atoms with E-state index in [1.54, 1.807) is 26.4 Å². The van der Waals surface area contributed by atoms with Crippen LogP contribution < -0.4 is 20.1 Å². The Labute approximate surface area is 170 Å². The van der Waals surface area contributed by atoms with Crippen molar-refractivity contribution in [2.45, 2.75) is 20.0 Å². The summed E-state index contributed by atoms with van der Waals surface area (Å²) in [5.41, 5.74) is 3.47. The molecule has 1 amide bonds. The zero-order chi connectivity index (χ0) is 20.6. The third kappa shape index (κ3) is 5.44. The number of hydrogen-bond donors (Lipinski definition) is 2. The van der Waals surface area contributed by atoms with Gasteiger partial charge in [0, 0.05) is 13.1 Å². The van der Waals surface area contributed by atoms with Gasteiger partial charge >= 0.3 is 0 Å². The Morgan fingerprint density at radius 3 is 2.38 bits per heavy atom. The van der Waals surface area contributed by atoms with Gasteiger partial charge in [-0.05, 0) is 42.3 Å².